The van der Waals surface area contributed by atoms with E-state index >= 15 is 0 Å². The van der Waals surface area contributed by atoms with E-state index in [1.807, 2.05) is 0 Å². The smallest absolute Gasteiger partial charge is 0.270 e. The average Bonchev–Trinajstić information content (AvgIpc) is 2.34. The van der Waals surface area contributed by atoms with E-state index in [1.165, 1.54) is 12.1 Å². The van der Waals surface area contributed by atoms with Crippen molar-refractivity contribution in [2.45, 2.75) is 39.2 Å². The average molecular weight is 271 g/mol. The second-order valence-electron chi connectivity index (χ2n) is 4.49. The van der Waals surface area contributed by atoms with Crippen LogP contribution in [0.4, 0.5) is 5.69 Å². The summed E-state index contributed by atoms with van der Waals surface area (Å²) in [7, 11) is 0. The number of rotatable bonds is 6. The summed E-state index contributed by atoms with van der Waals surface area (Å²) in [5, 5.41) is 14.5. The van der Waals surface area contributed by atoms with Crippen LogP contribution in [0.25, 0.3) is 0 Å². The van der Waals surface area contributed by atoms with Crippen molar-refractivity contribution in [3.8, 4) is 0 Å². The summed E-state index contributed by atoms with van der Waals surface area (Å²) in [5.74, 6) is 0.213. The molecule has 0 spiro atoms. The Morgan fingerprint density at radius 2 is 2.11 bits per heavy atom. The Kier molecular flexibility index (Phi) is 5.56. The molecule has 0 fully saturated rings. The predicted molar refractivity (Wildman–Crippen MR) is 74.3 cm³/mol. The molecular weight excluding hydrogens is 252 g/mol. The van der Waals surface area contributed by atoms with Gasteiger partial charge in [0.05, 0.1) is 9.95 Å². The minimum Gasteiger partial charge on any atom is -0.314 e. The molecule has 0 aliphatic carbocycles. The maximum atomic E-state index is 10.6. The molecule has 0 amide bonds. The molecule has 1 rings (SSSR count). The molecule has 1 aromatic rings. The highest BCUT2D eigenvalue weighted by atomic mass is 35.5. The molecule has 2 unspecified atom stereocenters. The fourth-order valence-electron chi connectivity index (χ4n) is 1.82. The molecule has 0 aliphatic rings. The van der Waals surface area contributed by atoms with Gasteiger partial charge in [0.2, 0.25) is 0 Å². The van der Waals surface area contributed by atoms with E-state index in [1.54, 1.807) is 6.07 Å². The number of nitro benzene ring substituents is 1. The zero-order valence-electron chi connectivity index (χ0n) is 10.9. The molecule has 0 heterocycles. The largest absolute Gasteiger partial charge is 0.314 e. The van der Waals surface area contributed by atoms with Gasteiger partial charge in [0.15, 0.2) is 0 Å². The van der Waals surface area contributed by atoms with Crippen LogP contribution < -0.4 is 5.32 Å². The third kappa shape index (κ3) is 3.68. The number of nitrogens with one attached hydrogen (secondary N) is 1. The number of halogens is 1. The van der Waals surface area contributed by atoms with Crippen molar-refractivity contribution in [3.63, 3.8) is 0 Å². The number of hydrogen-bond donors (Lipinski definition) is 1. The fraction of sp³-hybridized carbons (Fsp3) is 0.538. The zero-order chi connectivity index (χ0) is 13.7. The van der Waals surface area contributed by atoms with Crippen LogP contribution in [0.3, 0.4) is 0 Å². The van der Waals surface area contributed by atoms with Gasteiger partial charge in [-0.2, -0.15) is 0 Å². The lowest BCUT2D eigenvalue weighted by Crippen LogP contribution is -2.31. The third-order valence-electron chi connectivity index (χ3n) is 3.15. The lowest BCUT2D eigenvalue weighted by atomic mass is 9.94. The molecule has 18 heavy (non-hydrogen) atoms. The zero-order valence-corrected chi connectivity index (χ0v) is 11.7. The van der Waals surface area contributed by atoms with Crippen molar-refractivity contribution in [3.05, 3.63) is 38.9 Å². The van der Waals surface area contributed by atoms with Crippen LogP contribution in [0.2, 0.25) is 5.02 Å². The lowest BCUT2D eigenvalue weighted by molar-refractivity contribution is -0.384. The Balaban J connectivity index is 2.86. The van der Waals surface area contributed by atoms with Crippen molar-refractivity contribution in [1.82, 2.24) is 5.32 Å². The third-order valence-corrected chi connectivity index (χ3v) is 3.48. The number of non-ortho nitro benzene ring substituents is 1. The van der Waals surface area contributed by atoms with Gasteiger partial charge in [-0.05, 0) is 31.4 Å². The molecule has 0 saturated carbocycles. The topological polar surface area (TPSA) is 55.2 Å². The quantitative estimate of drug-likeness (QED) is 0.633. The molecule has 0 aliphatic heterocycles. The minimum absolute atomic E-state index is 0.0325. The lowest BCUT2D eigenvalue weighted by Gasteiger charge is -2.22. The van der Waals surface area contributed by atoms with Crippen molar-refractivity contribution < 1.29 is 4.92 Å². The van der Waals surface area contributed by atoms with Crippen LogP contribution in [0.1, 0.15) is 38.7 Å². The first kappa shape index (κ1) is 14.9. The monoisotopic (exact) mass is 270 g/mol. The van der Waals surface area contributed by atoms with Gasteiger partial charge < -0.3 is 5.32 Å². The van der Waals surface area contributed by atoms with Crippen molar-refractivity contribution >= 4 is 17.3 Å². The maximum Gasteiger partial charge on any atom is 0.270 e. The summed E-state index contributed by atoms with van der Waals surface area (Å²) >= 11 is 6.11. The normalized spacial score (nSPS) is 14.2. The van der Waals surface area contributed by atoms with E-state index in [0.29, 0.717) is 5.02 Å². The van der Waals surface area contributed by atoms with Crippen LogP contribution in [-0.4, -0.2) is 17.5 Å². The van der Waals surface area contributed by atoms with Gasteiger partial charge >= 0.3 is 0 Å². The molecule has 1 N–H and O–H groups in total. The second-order valence-corrected chi connectivity index (χ2v) is 4.90. The molecule has 0 saturated heterocycles. The van der Waals surface area contributed by atoms with E-state index in [2.05, 4.69) is 26.1 Å². The van der Waals surface area contributed by atoms with Crippen molar-refractivity contribution in [1.29, 1.82) is 0 Å². The standard InChI is InChI=1S/C13H19ClN2O2/c1-4-7-15-10(3)9(2)12-6-5-11(16(17)18)8-13(12)14/h5-6,8-10,15H,4,7H2,1-3H3. The maximum absolute atomic E-state index is 10.6. The molecule has 100 valence electrons. The van der Waals surface area contributed by atoms with Gasteiger partial charge in [0.1, 0.15) is 0 Å². The highest BCUT2D eigenvalue weighted by Gasteiger charge is 2.18. The van der Waals surface area contributed by atoms with Crippen molar-refractivity contribution in [2.24, 2.45) is 0 Å². The first-order chi connectivity index (χ1) is 8.47. The van der Waals surface area contributed by atoms with Crippen LogP contribution in [0.15, 0.2) is 18.2 Å². The number of hydrogen-bond acceptors (Lipinski definition) is 3. The Morgan fingerprint density at radius 3 is 2.61 bits per heavy atom. The molecule has 1 aromatic carbocycles. The van der Waals surface area contributed by atoms with E-state index in [9.17, 15) is 10.1 Å². The van der Waals surface area contributed by atoms with E-state index < -0.39 is 4.92 Å². The Morgan fingerprint density at radius 1 is 1.44 bits per heavy atom. The molecule has 2 atom stereocenters. The molecule has 0 radical (unpaired) electrons. The minimum atomic E-state index is -0.431. The highest BCUT2D eigenvalue weighted by molar-refractivity contribution is 6.31. The number of nitro groups is 1. The van der Waals surface area contributed by atoms with Gasteiger partial charge in [0.25, 0.3) is 5.69 Å². The van der Waals surface area contributed by atoms with Gasteiger partial charge in [-0.15, -0.1) is 0 Å². The van der Waals surface area contributed by atoms with Crippen molar-refractivity contribution in [2.75, 3.05) is 6.54 Å². The van der Waals surface area contributed by atoms with Gasteiger partial charge in [-0.3, -0.25) is 10.1 Å². The Bertz CT molecular complexity index is 423. The molecule has 5 heteroatoms. The van der Waals surface area contributed by atoms with Crippen LogP contribution >= 0.6 is 11.6 Å². The fourth-order valence-corrected chi connectivity index (χ4v) is 2.16. The summed E-state index contributed by atoms with van der Waals surface area (Å²) in [6.07, 6.45) is 1.07. The van der Waals surface area contributed by atoms with Gasteiger partial charge in [-0.1, -0.05) is 31.5 Å². The van der Waals surface area contributed by atoms with E-state index in [4.69, 9.17) is 11.6 Å². The summed E-state index contributed by atoms with van der Waals surface area (Å²) in [6, 6.07) is 4.95. The summed E-state index contributed by atoms with van der Waals surface area (Å²) in [6.45, 7) is 7.23. The molecule has 0 aromatic heterocycles. The Labute approximate surface area is 112 Å². The first-order valence-electron chi connectivity index (χ1n) is 6.14. The number of benzene rings is 1. The van der Waals surface area contributed by atoms with Crippen LogP contribution in [0, 0.1) is 10.1 Å². The van der Waals surface area contributed by atoms with Gasteiger partial charge in [0, 0.05) is 18.2 Å². The number of nitrogens with zero attached hydrogens (tertiary/aromatic N) is 1. The van der Waals surface area contributed by atoms with Crippen LogP contribution in [0.5, 0.6) is 0 Å². The summed E-state index contributed by atoms with van der Waals surface area (Å²) in [4.78, 5) is 10.2. The first-order valence-corrected chi connectivity index (χ1v) is 6.52. The van der Waals surface area contributed by atoms with E-state index in [-0.39, 0.29) is 17.6 Å². The SMILES string of the molecule is CCCNC(C)C(C)c1ccc([N+](=O)[O-])cc1Cl. The van der Waals surface area contributed by atoms with Gasteiger partial charge in [-0.25, -0.2) is 0 Å². The predicted octanol–water partition coefficient (Wildman–Crippen LogP) is 3.74. The summed E-state index contributed by atoms with van der Waals surface area (Å²) in [5.41, 5.74) is 0.975. The molecule has 0 bridgehead atoms. The highest BCUT2D eigenvalue weighted by Crippen LogP contribution is 2.30. The molecular formula is C13H19ClN2O2. The van der Waals surface area contributed by atoms with E-state index in [0.717, 1.165) is 18.5 Å². The Hall–Kier alpha value is -1.13. The molecule has 4 nitrogen and oxygen atoms in total. The second kappa shape index (κ2) is 6.71. The summed E-state index contributed by atoms with van der Waals surface area (Å²) < 4.78 is 0. The van der Waals surface area contributed by atoms with Crippen LogP contribution in [-0.2, 0) is 0 Å².